The molecule has 0 bridgehead atoms. The summed E-state index contributed by atoms with van der Waals surface area (Å²) in [7, 11) is -5.12. The lowest BCUT2D eigenvalue weighted by Gasteiger charge is -2.17. The van der Waals surface area contributed by atoms with Gasteiger partial charge in [-0.1, -0.05) is 6.07 Å². The van der Waals surface area contributed by atoms with Gasteiger partial charge >= 0.3 is 0 Å². The normalized spacial score (nSPS) is 11.8. The van der Waals surface area contributed by atoms with Crippen LogP contribution >= 0.6 is 0 Å². The van der Waals surface area contributed by atoms with Crippen LogP contribution < -0.4 is 9.46 Å². The fourth-order valence-electron chi connectivity index (χ4n) is 2.19. The number of hydrogen-bond donors (Lipinski definition) is 1. The van der Waals surface area contributed by atoms with Gasteiger partial charge in [-0.25, -0.2) is 21.1 Å². The summed E-state index contributed by atoms with van der Waals surface area (Å²) in [6.45, 7) is 1.97. The molecular weight excluding hydrogens is 390 g/mol. The number of nitrogens with zero attached hydrogens (tertiary/aromatic N) is 2. The number of ether oxygens (including phenoxy) is 1. The van der Waals surface area contributed by atoms with E-state index >= 15 is 0 Å². The van der Waals surface area contributed by atoms with Crippen molar-refractivity contribution in [2.24, 2.45) is 0 Å². The van der Waals surface area contributed by atoms with Crippen molar-refractivity contribution in [3.63, 3.8) is 0 Å². The maximum atomic E-state index is 12.6. The Hall–Kier alpha value is -2.61. The van der Waals surface area contributed by atoms with Gasteiger partial charge in [-0.3, -0.25) is 4.72 Å². The fourth-order valence-corrected chi connectivity index (χ4v) is 4.34. The molecule has 0 aliphatic rings. The van der Waals surface area contributed by atoms with Crippen LogP contribution in [0.2, 0.25) is 0 Å². The smallest absolute Gasteiger partial charge is 0.261 e. The predicted octanol–water partition coefficient (Wildman–Crippen LogP) is 2.01. The van der Waals surface area contributed by atoms with E-state index in [1.165, 1.54) is 56.6 Å². The molecule has 144 valence electrons. The van der Waals surface area contributed by atoms with Crippen molar-refractivity contribution in [1.82, 2.24) is 4.31 Å². The van der Waals surface area contributed by atoms with Crippen molar-refractivity contribution in [2.45, 2.75) is 16.7 Å². The van der Waals surface area contributed by atoms with Crippen LogP contribution in [0.15, 0.2) is 52.3 Å². The molecule has 2 rings (SSSR count). The van der Waals surface area contributed by atoms with Crippen LogP contribution in [0.4, 0.5) is 5.69 Å². The molecule has 0 aromatic heterocycles. The highest BCUT2D eigenvalue weighted by Crippen LogP contribution is 2.30. The van der Waals surface area contributed by atoms with Gasteiger partial charge in [-0.05, 0) is 43.3 Å². The fraction of sp³-hybridized carbons (Fsp3) is 0.235. The van der Waals surface area contributed by atoms with Gasteiger partial charge in [0, 0.05) is 14.1 Å². The van der Waals surface area contributed by atoms with E-state index in [0.29, 0.717) is 0 Å². The van der Waals surface area contributed by atoms with Crippen LogP contribution in [0.25, 0.3) is 0 Å². The topological polar surface area (TPSA) is 117 Å². The Kier molecular flexibility index (Phi) is 6.10. The molecule has 0 saturated carbocycles. The van der Waals surface area contributed by atoms with Gasteiger partial charge in [0.1, 0.15) is 10.6 Å². The van der Waals surface area contributed by atoms with Gasteiger partial charge in [-0.15, -0.1) is 0 Å². The highest BCUT2D eigenvalue weighted by atomic mass is 32.2. The first-order chi connectivity index (χ1) is 12.6. The van der Waals surface area contributed by atoms with Crippen LogP contribution in [0.1, 0.15) is 12.5 Å². The first kappa shape index (κ1) is 20.7. The highest BCUT2D eigenvalue weighted by molar-refractivity contribution is 7.92. The molecular formula is C17H19N3O5S2. The number of nitriles is 1. The molecule has 0 aliphatic heterocycles. The standard InChI is InChI=1S/C17H19N3O5S2/c1-4-25-16-9-8-14(11-17(16)27(23,24)20(2)3)19-26(21,22)15-7-5-6-13(10-15)12-18/h5-11,19H,4H2,1-3H3. The monoisotopic (exact) mass is 409 g/mol. The Morgan fingerprint density at radius 3 is 2.41 bits per heavy atom. The molecule has 0 unspecified atom stereocenters. The average molecular weight is 409 g/mol. The van der Waals surface area contributed by atoms with Gasteiger partial charge in [0.2, 0.25) is 10.0 Å². The van der Waals surface area contributed by atoms with Crippen molar-refractivity contribution < 1.29 is 21.6 Å². The van der Waals surface area contributed by atoms with Gasteiger partial charge in [-0.2, -0.15) is 5.26 Å². The van der Waals surface area contributed by atoms with Crippen molar-refractivity contribution in [2.75, 3.05) is 25.4 Å². The van der Waals surface area contributed by atoms with E-state index in [1.807, 2.05) is 6.07 Å². The van der Waals surface area contributed by atoms with Gasteiger partial charge in [0.25, 0.3) is 10.0 Å². The zero-order valence-corrected chi connectivity index (χ0v) is 16.6. The van der Waals surface area contributed by atoms with Crippen molar-refractivity contribution >= 4 is 25.7 Å². The molecule has 0 spiro atoms. The predicted molar refractivity (Wildman–Crippen MR) is 100 cm³/mol. The molecule has 0 aliphatic carbocycles. The second-order valence-electron chi connectivity index (χ2n) is 5.63. The molecule has 0 radical (unpaired) electrons. The Labute approximate surface area is 159 Å². The van der Waals surface area contributed by atoms with Crippen LogP contribution in [-0.2, 0) is 20.0 Å². The Bertz CT molecular complexity index is 1090. The number of rotatable bonds is 7. The van der Waals surface area contributed by atoms with Crippen molar-refractivity contribution in [3.05, 3.63) is 48.0 Å². The number of hydrogen-bond acceptors (Lipinski definition) is 6. The molecule has 2 aromatic carbocycles. The molecule has 1 N–H and O–H groups in total. The summed E-state index contributed by atoms with van der Waals surface area (Å²) < 4.78 is 58.9. The average Bonchev–Trinajstić information content (AvgIpc) is 2.62. The molecule has 0 heterocycles. The van der Waals surface area contributed by atoms with E-state index < -0.39 is 20.0 Å². The summed E-state index contributed by atoms with van der Waals surface area (Å²) in [6, 6.07) is 11.4. The lowest BCUT2D eigenvalue weighted by Crippen LogP contribution is -2.23. The summed E-state index contributed by atoms with van der Waals surface area (Å²) in [5.74, 6) is 0.126. The van der Waals surface area contributed by atoms with E-state index in [1.54, 1.807) is 6.92 Å². The maximum absolute atomic E-state index is 12.6. The van der Waals surface area contributed by atoms with Crippen molar-refractivity contribution in [1.29, 1.82) is 5.26 Å². The van der Waals surface area contributed by atoms with Crippen LogP contribution in [0.3, 0.4) is 0 Å². The Morgan fingerprint density at radius 2 is 1.81 bits per heavy atom. The molecule has 0 saturated heterocycles. The lowest BCUT2D eigenvalue weighted by molar-refractivity contribution is 0.330. The SMILES string of the molecule is CCOc1ccc(NS(=O)(=O)c2cccc(C#N)c2)cc1S(=O)(=O)N(C)C. The Morgan fingerprint density at radius 1 is 1.11 bits per heavy atom. The molecule has 8 nitrogen and oxygen atoms in total. The van der Waals surface area contributed by atoms with E-state index in [0.717, 1.165) is 4.31 Å². The third-order valence-corrected chi connectivity index (χ3v) is 6.74. The third-order valence-electron chi connectivity index (χ3n) is 3.53. The third kappa shape index (κ3) is 4.57. The van der Waals surface area contributed by atoms with Crippen LogP contribution in [0.5, 0.6) is 5.75 Å². The second kappa shape index (κ2) is 7.96. The minimum atomic E-state index is -4.00. The maximum Gasteiger partial charge on any atom is 0.261 e. The van der Waals surface area contributed by atoms with Crippen molar-refractivity contribution in [3.8, 4) is 11.8 Å². The number of anilines is 1. The largest absolute Gasteiger partial charge is 0.492 e. The quantitative estimate of drug-likeness (QED) is 0.748. The van der Waals surface area contributed by atoms with Crippen LogP contribution in [0, 0.1) is 11.3 Å². The first-order valence-corrected chi connectivity index (χ1v) is 10.8. The Balaban J connectivity index is 2.49. The van der Waals surface area contributed by atoms with E-state index in [9.17, 15) is 16.8 Å². The minimum Gasteiger partial charge on any atom is -0.492 e. The number of benzene rings is 2. The molecule has 10 heteroatoms. The summed E-state index contributed by atoms with van der Waals surface area (Å²) in [5, 5.41) is 8.93. The van der Waals surface area contributed by atoms with Gasteiger partial charge < -0.3 is 4.74 Å². The van der Waals surface area contributed by atoms with Gasteiger partial charge in [0.15, 0.2) is 0 Å². The summed E-state index contributed by atoms with van der Waals surface area (Å²) in [4.78, 5) is -0.257. The van der Waals surface area contributed by atoms with Crippen LogP contribution in [-0.4, -0.2) is 41.8 Å². The minimum absolute atomic E-state index is 0.0567. The number of sulfonamides is 2. The lowest BCUT2D eigenvalue weighted by atomic mass is 10.2. The highest BCUT2D eigenvalue weighted by Gasteiger charge is 2.24. The van der Waals surface area contributed by atoms with Gasteiger partial charge in [0.05, 0.1) is 28.8 Å². The summed E-state index contributed by atoms with van der Waals surface area (Å²) in [6.07, 6.45) is 0. The second-order valence-corrected chi connectivity index (χ2v) is 9.43. The first-order valence-electron chi connectivity index (χ1n) is 7.84. The zero-order chi connectivity index (χ0) is 20.2. The molecule has 0 fully saturated rings. The van der Waals surface area contributed by atoms with E-state index in [-0.39, 0.29) is 33.4 Å². The molecule has 2 aromatic rings. The molecule has 27 heavy (non-hydrogen) atoms. The zero-order valence-electron chi connectivity index (χ0n) is 15.0. The molecule has 0 amide bonds. The van der Waals surface area contributed by atoms with E-state index in [4.69, 9.17) is 10.00 Å². The number of nitrogens with one attached hydrogen (secondary N) is 1. The summed E-state index contributed by atoms with van der Waals surface area (Å²) in [5.41, 5.74) is 0.252. The summed E-state index contributed by atoms with van der Waals surface area (Å²) >= 11 is 0. The molecule has 0 atom stereocenters. The van der Waals surface area contributed by atoms with E-state index in [2.05, 4.69) is 4.72 Å².